The number of rotatable bonds is 10. The zero-order chi connectivity index (χ0) is 25.5. The van der Waals surface area contributed by atoms with E-state index < -0.39 is 0 Å². The first-order chi connectivity index (χ1) is 16.8. The lowest BCUT2D eigenvalue weighted by Gasteiger charge is -2.36. The van der Waals surface area contributed by atoms with Crippen molar-refractivity contribution in [2.75, 3.05) is 0 Å². The van der Waals surface area contributed by atoms with E-state index in [1.54, 1.807) is 27.4 Å². The highest BCUT2D eigenvalue weighted by Gasteiger charge is 2.56. The highest BCUT2D eigenvalue weighted by molar-refractivity contribution is 6.68. The van der Waals surface area contributed by atoms with Crippen molar-refractivity contribution in [3.8, 4) is 0 Å². The molecule has 2 aliphatic rings. The van der Waals surface area contributed by atoms with Gasteiger partial charge in [0.25, 0.3) is 0 Å². The van der Waals surface area contributed by atoms with Gasteiger partial charge in [-0.1, -0.05) is 102 Å². The molecule has 0 bridgehead atoms. The van der Waals surface area contributed by atoms with Gasteiger partial charge < -0.3 is 0 Å². The van der Waals surface area contributed by atoms with Crippen molar-refractivity contribution in [2.24, 2.45) is 0 Å². The fourth-order valence-corrected chi connectivity index (χ4v) is 10.2. The zero-order valence-corrected chi connectivity index (χ0v) is 25.0. The van der Waals surface area contributed by atoms with Gasteiger partial charge in [0.2, 0.25) is 0 Å². The van der Waals surface area contributed by atoms with Crippen LogP contribution in [0.15, 0.2) is 36.4 Å². The van der Waals surface area contributed by atoms with E-state index in [0.717, 1.165) is 9.52 Å². The Hall–Kier alpha value is -1.34. The third-order valence-corrected chi connectivity index (χ3v) is 12.7. The Bertz CT molecular complexity index is 954. The second kappa shape index (κ2) is 9.84. The maximum Gasteiger partial charge on any atom is 0.122 e. The molecule has 0 nitrogen and oxygen atoms in total. The lowest BCUT2D eigenvalue weighted by Crippen LogP contribution is -2.42. The van der Waals surface area contributed by atoms with Gasteiger partial charge >= 0.3 is 0 Å². The molecule has 0 N–H and O–H groups in total. The monoisotopic (exact) mass is 486 g/mol. The Balaban J connectivity index is 2.18. The van der Waals surface area contributed by atoms with Crippen LogP contribution in [0.4, 0.5) is 0 Å². The maximum absolute atomic E-state index is 2.82. The summed E-state index contributed by atoms with van der Waals surface area (Å²) in [7, 11) is 0.764. The molecule has 35 heavy (non-hydrogen) atoms. The van der Waals surface area contributed by atoms with Crippen molar-refractivity contribution >= 4 is 19.9 Å². The largest absolute Gasteiger partial charge is 0.122 e. The first-order valence-corrected chi connectivity index (χ1v) is 15.9. The topological polar surface area (TPSA) is 0 Å². The Labute approximate surface area is 219 Å². The van der Waals surface area contributed by atoms with Crippen LogP contribution in [0.25, 0.3) is 0 Å². The van der Waals surface area contributed by atoms with E-state index >= 15 is 0 Å². The molecule has 0 atom stereocenters. The Morgan fingerprint density at radius 3 is 1.26 bits per heavy atom. The van der Waals surface area contributed by atoms with E-state index in [1.165, 1.54) is 69.4 Å². The van der Waals surface area contributed by atoms with E-state index in [0.29, 0.717) is 21.7 Å². The summed E-state index contributed by atoms with van der Waals surface area (Å²) < 4.78 is 0. The Morgan fingerprint density at radius 1 is 0.543 bits per heavy atom. The van der Waals surface area contributed by atoms with Crippen LogP contribution in [0.3, 0.4) is 0 Å². The predicted molar refractivity (Wildman–Crippen MR) is 156 cm³/mol. The van der Waals surface area contributed by atoms with Gasteiger partial charge in [0.05, 0.1) is 0 Å². The van der Waals surface area contributed by atoms with Crippen molar-refractivity contribution in [3.05, 3.63) is 58.7 Å². The minimum Gasteiger partial charge on any atom is -0.0645 e. The normalized spacial score (nSPS) is 20.6. The van der Waals surface area contributed by atoms with E-state index in [2.05, 4.69) is 91.8 Å². The average molecular weight is 487 g/mol. The van der Waals surface area contributed by atoms with Gasteiger partial charge in [-0.15, -0.1) is 0 Å². The maximum atomic E-state index is 2.82. The molecule has 0 spiro atoms. The van der Waals surface area contributed by atoms with E-state index in [9.17, 15) is 0 Å². The molecule has 4 rings (SSSR count). The van der Waals surface area contributed by atoms with Crippen molar-refractivity contribution in [3.63, 3.8) is 0 Å². The van der Waals surface area contributed by atoms with Gasteiger partial charge in [-0.25, -0.2) is 0 Å². The van der Waals surface area contributed by atoms with Gasteiger partial charge in [0.15, 0.2) is 0 Å². The highest BCUT2D eigenvalue weighted by Crippen LogP contribution is 2.61. The molecule has 2 radical (unpaired) electrons. The van der Waals surface area contributed by atoms with Crippen molar-refractivity contribution in [2.45, 2.75) is 141 Å². The number of hydrogen-bond donors (Lipinski definition) is 0. The van der Waals surface area contributed by atoms with Gasteiger partial charge in [-0.3, -0.25) is 0 Å². The second-order valence-electron chi connectivity index (χ2n) is 11.9. The lowest BCUT2D eigenvalue weighted by molar-refractivity contribution is 0.279. The predicted octanol–water partition coefficient (Wildman–Crippen LogP) is 8.38. The van der Waals surface area contributed by atoms with Crippen molar-refractivity contribution in [1.29, 1.82) is 0 Å². The second-order valence-corrected chi connectivity index (χ2v) is 13.2. The molecule has 0 unspecified atom stereocenters. The molecule has 0 saturated carbocycles. The van der Waals surface area contributed by atoms with Gasteiger partial charge in [0, 0.05) is 0 Å². The summed E-state index contributed by atoms with van der Waals surface area (Å²) in [5, 5.41) is 3.30. The molecule has 1 heteroatoms. The van der Waals surface area contributed by atoms with Crippen LogP contribution in [0, 0.1) is 0 Å². The van der Waals surface area contributed by atoms with Crippen LogP contribution in [0.5, 0.6) is 0 Å². The van der Waals surface area contributed by atoms with Crippen LogP contribution in [-0.2, 0) is 21.7 Å². The molecule has 2 aromatic rings. The van der Waals surface area contributed by atoms with Crippen LogP contribution in [0.2, 0.25) is 0 Å². The molecule has 0 heterocycles. The smallest absolute Gasteiger partial charge is 0.0645 e. The third kappa shape index (κ3) is 3.73. The number of hydrogen-bond acceptors (Lipinski definition) is 0. The molecule has 0 fully saturated rings. The number of benzene rings is 2. The summed E-state index contributed by atoms with van der Waals surface area (Å²) in [5.74, 6) is 0. The summed E-state index contributed by atoms with van der Waals surface area (Å²) in [6, 6.07) is 14.3. The van der Waals surface area contributed by atoms with Crippen molar-refractivity contribution in [1.82, 2.24) is 0 Å². The van der Waals surface area contributed by atoms with Crippen molar-refractivity contribution < 1.29 is 0 Å². The first kappa shape index (κ1) is 26.7. The molecule has 2 aromatic carbocycles. The molecular formula is C34H50Si. The zero-order valence-electron chi connectivity index (χ0n) is 24.0. The van der Waals surface area contributed by atoms with E-state index in [1.807, 2.05) is 0 Å². The van der Waals surface area contributed by atoms with Crippen LogP contribution < -0.4 is 10.4 Å². The Morgan fingerprint density at radius 2 is 0.914 bits per heavy atom. The summed E-state index contributed by atoms with van der Waals surface area (Å²) in [5.41, 5.74) is 8.46. The molecule has 0 saturated heterocycles. The molecular weight excluding hydrogens is 436 g/mol. The SMILES string of the molecule is CCC1(CC)CC(CC)(CC)c2c1cc1c(c2[Si]c2ccccc2)C(CC)(CC)CC1(CC)CC. The lowest BCUT2D eigenvalue weighted by atomic mass is 9.70. The molecule has 0 aromatic heterocycles. The van der Waals surface area contributed by atoms with Gasteiger partial charge in [-0.05, 0) is 108 Å². The third-order valence-electron chi connectivity index (χ3n) is 11.3. The number of fused-ring (bicyclic) bond motifs is 2. The van der Waals surface area contributed by atoms with Crippen LogP contribution in [0.1, 0.15) is 142 Å². The summed E-state index contributed by atoms with van der Waals surface area (Å²) in [4.78, 5) is 0. The van der Waals surface area contributed by atoms with Gasteiger partial charge in [0.1, 0.15) is 9.52 Å². The summed E-state index contributed by atoms with van der Waals surface area (Å²) in [6.07, 6.45) is 12.8. The van der Waals surface area contributed by atoms with Crippen LogP contribution in [-0.4, -0.2) is 9.52 Å². The van der Waals surface area contributed by atoms with Crippen LogP contribution >= 0.6 is 0 Å². The fraction of sp³-hybridized carbons (Fsp3) is 0.647. The minimum absolute atomic E-state index is 0.324. The highest BCUT2D eigenvalue weighted by atomic mass is 28.2. The first-order valence-electron chi connectivity index (χ1n) is 14.9. The molecule has 0 aliphatic heterocycles. The standard InChI is InChI=1S/C34H50Si/c1-9-31(10-2)23-33(13-5,14-6)28-26(31)22-27-29(30(28)35-25-20-18-17-19-21-25)34(15-7,16-8)24-32(27,11-3)12-4/h17-22H,9-16,23-24H2,1-8H3. The fourth-order valence-electron chi connectivity index (χ4n) is 8.54. The Kier molecular flexibility index (Phi) is 7.51. The molecule has 0 amide bonds. The molecule has 2 aliphatic carbocycles. The van der Waals surface area contributed by atoms with E-state index in [-0.39, 0.29) is 0 Å². The summed E-state index contributed by atoms with van der Waals surface area (Å²) in [6.45, 7) is 19.8. The van der Waals surface area contributed by atoms with E-state index in [4.69, 9.17) is 0 Å². The minimum atomic E-state index is 0.324. The quantitative estimate of drug-likeness (QED) is 0.296. The molecule has 190 valence electrons. The average Bonchev–Trinajstić information content (AvgIpc) is 3.38. The summed E-state index contributed by atoms with van der Waals surface area (Å²) >= 11 is 0. The van der Waals surface area contributed by atoms with Gasteiger partial charge in [-0.2, -0.15) is 0 Å².